The summed E-state index contributed by atoms with van der Waals surface area (Å²) in [5.74, 6) is 0.170. The van der Waals surface area contributed by atoms with Crippen molar-refractivity contribution in [1.29, 1.82) is 5.26 Å². The lowest BCUT2D eigenvalue weighted by Gasteiger charge is -2.10. The lowest BCUT2D eigenvalue weighted by Crippen LogP contribution is -2.22. The van der Waals surface area contributed by atoms with Gasteiger partial charge in [-0.3, -0.25) is 4.79 Å². The Bertz CT molecular complexity index is 1030. The number of hydrogen-bond donors (Lipinski definition) is 1. The number of nitriles is 1. The zero-order valence-corrected chi connectivity index (χ0v) is 16.1. The van der Waals surface area contributed by atoms with Gasteiger partial charge in [0.2, 0.25) is 11.8 Å². The summed E-state index contributed by atoms with van der Waals surface area (Å²) in [5, 5.41) is 19.8. The molecule has 136 valence electrons. The van der Waals surface area contributed by atoms with Crippen LogP contribution in [0.15, 0.2) is 52.1 Å². The van der Waals surface area contributed by atoms with E-state index in [1.54, 1.807) is 19.1 Å². The molecule has 0 spiro atoms. The third-order valence-electron chi connectivity index (χ3n) is 3.68. The van der Waals surface area contributed by atoms with E-state index in [2.05, 4.69) is 15.5 Å². The maximum absolute atomic E-state index is 12.4. The molecule has 0 aliphatic rings. The van der Waals surface area contributed by atoms with Crippen LogP contribution in [0, 0.1) is 18.3 Å². The normalized spacial score (nSPS) is 11.6. The summed E-state index contributed by atoms with van der Waals surface area (Å²) in [6.45, 7) is 3.72. The second-order valence-corrected chi connectivity index (χ2v) is 7.50. The highest BCUT2D eigenvalue weighted by Gasteiger charge is 2.19. The summed E-state index contributed by atoms with van der Waals surface area (Å²) >= 11 is 7.15. The summed E-state index contributed by atoms with van der Waals surface area (Å²) in [7, 11) is 0. The van der Waals surface area contributed by atoms with Crippen LogP contribution in [0.1, 0.15) is 18.1 Å². The first-order chi connectivity index (χ1) is 13.0. The van der Waals surface area contributed by atoms with Gasteiger partial charge in [-0.1, -0.05) is 41.1 Å². The minimum absolute atomic E-state index is 0.240. The number of carbonyl (C=O) groups is 1. The van der Waals surface area contributed by atoms with E-state index in [1.807, 2.05) is 37.3 Å². The predicted molar refractivity (Wildman–Crippen MR) is 105 cm³/mol. The Balaban J connectivity index is 1.65. The van der Waals surface area contributed by atoms with Crippen molar-refractivity contribution in [2.24, 2.45) is 0 Å². The Morgan fingerprint density at radius 3 is 2.81 bits per heavy atom. The molecule has 0 aliphatic heterocycles. The van der Waals surface area contributed by atoms with Crippen molar-refractivity contribution >= 4 is 35.0 Å². The summed E-state index contributed by atoms with van der Waals surface area (Å²) in [5.41, 5.74) is 2.79. The second-order valence-electron chi connectivity index (χ2n) is 5.80. The van der Waals surface area contributed by atoms with Crippen LogP contribution in [0.5, 0.6) is 0 Å². The summed E-state index contributed by atoms with van der Waals surface area (Å²) in [6, 6.07) is 14.4. The highest BCUT2D eigenvalue weighted by Crippen LogP contribution is 2.27. The van der Waals surface area contributed by atoms with E-state index in [1.165, 1.54) is 6.07 Å². The Morgan fingerprint density at radius 1 is 1.30 bits per heavy atom. The first kappa shape index (κ1) is 19.0. The maximum atomic E-state index is 12.4. The number of benzene rings is 2. The minimum atomic E-state index is -0.467. The molecular weight excluding hydrogens is 384 g/mol. The van der Waals surface area contributed by atoms with Gasteiger partial charge in [0.25, 0.3) is 5.22 Å². The Morgan fingerprint density at radius 2 is 2.11 bits per heavy atom. The molecule has 8 heteroatoms. The van der Waals surface area contributed by atoms with Crippen LogP contribution in [0.2, 0.25) is 5.02 Å². The highest BCUT2D eigenvalue weighted by atomic mass is 35.5. The number of anilines is 1. The fourth-order valence-electron chi connectivity index (χ4n) is 2.28. The molecule has 2 aromatic carbocycles. The first-order valence-electron chi connectivity index (χ1n) is 8.04. The van der Waals surface area contributed by atoms with Gasteiger partial charge in [-0.15, -0.1) is 10.2 Å². The second kappa shape index (κ2) is 8.25. The molecule has 0 fully saturated rings. The number of nitrogens with zero attached hydrogens (tertiary/aromatic N) is 3. The quantitative estimate of drug-likeness (QED) is 0.627. The van der Waals surface area contributed by atoms with E-state index in [0.29, 0.717) is 22.4 Å². The number of carbonyl (C=O) groups excluding carboxylic acids is 1. The summed E-state index contributed by atoms with van der Waals surface area (Å²) in [6.07, 6.45) is 0. The average Bonchev–Trinajstić information content (AvgIpc) is 3.10. The van der Waals surface area contributed by atoms with Gasteiger partial charge in [-0.2, -0.15) is 5.26 Å². The molecule has 0 saturated heterocycles. The molecule has 0 saturated carbocycles. The van der Waals surface area contributed by atoms with E-state index in [4.69, 9.17) is 21.3 Å². The predicted octanol–water partition coefficient (Wildman–Crippen LogP) is 4.69. The standard InChI is InChI=1S/C19H15ClN4O2S/c1-11-4-3-5-13(8-11)18-23-24-19(26-18)27-12(2)17(25)22-15-7-6-14(10-21)16(20)9-15/h3-9,12H,1-2H3,(H,22,25)/t12-/m0/s1. The molecular formula is C19H15ClN4O2S. The fraction of sp³-hybridized carbons (Fsp3) is 0.158. The number of thioether (sulfide) groups is 1. The van der Waals surface area contributed by atoms with Crippen molar-refractivity contribution in [3.63, 3.8) is 0 Å². The van der Waals surface area contributed by atoms with E-state index in [-0.39, 0.29) is 10.9 Å². The molecule has 3 rings (SSSR count). The SMILES string of the molecule is Cc1cccc(-c2nnc(S[C@@H](C)C(=O)Nc3ccc(C#N)c(Cl)c3)o2)c1. The zero-order valence-electron chi connectivity index (χ0n) is 14.6. The van der Waals surface area contributed by atoms with E-state index < -0.39 is 5.25 Å². The molecule has 1 N–H and O–H groups in total. The topological polar surface area (TPSA) is 91.8 Å². The van der Waals surface area contributed by atoms with Crippen molar-refractivity contribution in [2.75, 3.05) is 5.32 Å². The van der Waals surface area contributed by atoms with Crippen molar-refractivity contribution in [1.82, 2.24) is 10.2 Å². The molecule has 27 heavy (non-hydrogen) atoms. The number of hydrogen-bond acceptors (Lipinski definition) is 6. The van der Waals surface area contributed by atoms with Gasteiger partial charge >= 0.3 is 0 Å². The van der Waals surface area contributed by atoms with Crippen LogP contribution in [-0.2, 0) is 4.79 Å². The smallest absolute Gasteiger partial charge is 0.277 e. The monoisotopic (exact) mass is 398 g/mol. The number of aromatic nitrogens is 2. The number of amides is 1. The van der Waals surface area contributed by atoms with Crippen LogP contribution in [0.25, 0.3) is 11.5 Å². The molecule has 1 aromatic heterocycles. The van der Waals surface area contributed by atoms with E-state index in [0.717, 1.165) is 22.9 Å². The number of aryl methyl sites for hydroxylation is 1. The molecule has 0 aliphatic carbocycles. The van der Waals surface area contributed by atoms with E-state index in [9.17, 15) is 4.79 Å². The molecule has 1 atom stereocenters. The number of halogens is 1. The Hall–Kier alpha value is -2.82. The van der Waals surface area contributed by atoms with Gasteiger partial charge in [-0.05, 0) is 44.2 Å². The van der Waals surface area contributed by atoms with Gasteiger partial charge in [0.05, 0.1) is 15.8 Å². The average molecular weight is 399 g/mol. The van der Waals surface area contributed by atoms with Gasteiger partial charge in [0, 0.05) is 11.3 Å². The Labute approximate surface area is 165 Å². The van der Waals surface area contributed by atoms with Gasteiger partial charge < -0.3 is 9.73 Å². The lowest BCUT2D eigenvalue weighted by atomic mass is 10.1. The minimum Gasteiger partial charge on any atom is -0.411 e. The van der Waals surface area contributed by atoms with Crippen LogP contribution < -0.4 is 5.32 Å². The van der Waals surface area contributed by atoms with Gasteiger partial charge in [0.15, 0.2) is 0 Å². The van der Waals surface area contributed by atoms with Crippen molar-refractivity contribution in [2.45, 2.75) is 24.3 Å². The maximum Gasteiger partial charge on any atom is 0.277 e. The molecule has 0 unspecified atom stereocenters. The zero-order chi connectivity index (χ0) is 19.4. The van der Waals surface area contributed by atoms with Crippen LogP contribution in [0.3, 0.4) is 0 Å². The van der Waals surface area contributed by atoms with Crippen LogP contribution in [-0.4, -0.2) is 21.4 Å². The third-order valence-corrected chi connectivity index (χ3v) is 4.92. The molecule has 1 amide bonds. The number of nitrogens with one attached hydrogen (secondary N) is 1. The Kier molecular flexibility index (Phi) is 5.79. The van der Waals surface area contributed by atoms with Gasteiger partial charge in [-0.25, -0.2) is 0 Å². The summed E-state index contributed by atoms with van der Waals surface area (Å²) in [4.78, 5) is 12.4. The van der Waals surface area contributed by atoms with Crippen LogP contribution in [0.4, 0.5) is 5.69 Å². The van der Waals surface area contributed by atoms with E-state index >= 15 is 0 Å². The summed E-state index contributed by atoms with van der Waals surface area (Å²) < 4.78 is 5.65. The molecule has 0 bridgehead atoms. The largest absolute Gasteiger partial charge is 0.411 e. The number of rotatable bonds is 5. The molecule has 1 heterocycles. The first-order valence-corrected chi connectivity index (χ1v) is 9.30. The molecule has 0 radical (unpaired) electrons. The van der Waals surface area contributed by atoms with Gasteiger partial charge in [0.1, 0.15) is 6.07 Å². The molecule has 6 nitrogen and oxygen atoms in total. The van der Waals surface area contributed by atoms with Crippen molar-refractivity contribution in [3.8, 4) is 17.5 Å². The van der Waals surface area contributed by atoms with Crippen molar-refractivity contribution in [3.05, 3.63) is 58.6 Å². The lowest BCUT2D eigenvalue weighted by molar-refractivity contribution is -0.115. The highest BCUT2D eigenvalue weighted by molar-refractivity contribution is 8.00. The van der Waals surface area contributed by atoms with Crippen molar-refractivity contribution < 1.29 is 9.21 Å². The third kappa shape index (κ3) is 4.67. The molecule has 3 aromatic rings. The fourth-order valence-corrected chi connectivity index (χ4v) is 3.19. The van der Waals surface area contributed by atoms with Crippen LogP contribution >= 0.6 is 23.4 Å².